The SMILES string of the molecule is O=C1C=CC(=O)N1OS(=O)(=O)CCc1ccccc1. The number of hydroxylamine groups is 2. The predicted molar refractivity (Wildman–Crippen MR) is 66.0 cm³/mol. The molecule has 100 valence electrons. The summed E-state index contributed by atoms with van der Waals surface area (Å²) in [6, 6.07) is 8.97. The van der Waals surface area contributed by atoms with E-state index in [0.29, 0.717) is 0 Å². The molecule has 0 N–H and O–H groups in total. The van der Waals surface area contributed by atoms with Gasteiger partial charge in [-0.15, -0.1) is 9.35 Å². The van der Waals surface area contributed by atoms with Crippen LogP contribution in [0.4, 0.5) is 0 Å². The van der Waals surface area contributed by atoms with E-state index in [9.17, 15) is 18.0 Å². The minimum Gasteiger partial charge on any atom is -0.267 e. The molecule has 7 heteroatoms. The molecule has 2 amide bonds. The first-order chi connectivity index (χ1) is 8.98. The Kier molecular flexibility index (Phi) is 3.77. The van der Waals surface area contributed by atoms with Gasteiger partial charge in [-0.3, -0.25) is 9.59 Å². The minimum absolute atomic E-state index is 0.236. The van der Waals surface area contributed by atoms with Crippen LogP contribution >= 0.6 is 0 Å². The van der Waals surface area contributed by atoms with Gasteiger partial charge in [-0.25, -0.2) is 0 Å². The van der Waals surface area contributed by atoms with E-state index in [1.807, 2.05) is 6.07 Å². The summed E-state index contributed by atoms with van der Waals surface area (Å²) in [6.07, 6.45) is 2.15. The van der Waals surface area contributed by atoms with Crippen molar-refractivity contribution in [1.29, 1.82) is 0 Å². The molecular formula is C12H11NO5S. The topological polar surface area (TPSA) is 80.8 Å². The number of nitrogens with zero attached hydrogens (tertiary/aromatic N) is 1. The Morgan fingerprint density at radius 2 is 1.58 bits per heavy atom. The van der Waals surface area contributed by atoms with Gasteiger partial charge in [-0.2, -0.15) is 8.42 Å². The molecule has 1 aliphatic heterocycles. The van der Waals surface area contributed by atoms with Crippen LogP contribution in [-0.4, -0.2) is 31.0 Å². The lowest BCUT2D eigenvalue weighted by Gasteiger charge is -2.12. The molecule has 0 radical (unpaired) electrons. The highest BCUT2D eigenvalue weighted by Crippen LogP contribution is 2.10. The van der Waals surface area contributed by atoms with Crippen LogP contribution in [0.2, 0.25) is 0 Å². The van der Waals surface area contributed by atoms with Gasteiger partial charge in [-0.1, -0.05) is 30.3 Å². The van der Waals surface area contributed by atoms with Crippen LogP contribution in [0, 0.1) is 0 Å². The molecule has 1 aromatic carbocycles. The maximum Gasteiger partial charge on any atom is 0.288 e. The third kappa shape index (κ3) is 3.49. The Balaban J connectivity index is 1.96. The second-order valence-electron chi connectivity index (χ2n) is 3.88. The first-order valence-electron chi connectivity index (χ1n) is 5.50. The quantitative estimate of drug-likeness (QED) is 0.730. The largest absolute Gasteiger partial charge is 0.288 e. The van der Waals surface area contributed by atoms with E-state index >= 15 is 0 Å². The van der Waals surface area contributed by atoms with Crippen molar-refractivity contribution in [2.75, 3.05) is 5.75 Å². The van der Waals surface area contributed by atoms with Crippen LogP contribution in [0.1, 0.15) is 5.56 Å². The van der Waals surface area contributed by atoms with Gasteiger partial charge in [0.15, 0.2) is 0 Å². The number of hydrogen-bond acceptors (Lipinski definition) is 5. The fourth-order valence-electron chi connectivity index (χ4n) is 1.50. The van der Waals surface area contributed by atoms with E-state index in [2.05, 4.69) is 4.28 Å². The standard InChI is InChI=1S/C12H11NO5S/c14-11-6-7-12(15)13(11)18-19(16,17)9-8-10-4-2-1-3-5-10/h1-7H,8-9H2. The van der Waals surface area contributed by atoms with Gasteiger partial charge in [0.25, 0.3) is 21.9 Å². The van der Waals surface area contributed by atoms with Crippen LogP contribution in [0.25, 0.3) is 0 Å². The van der Waals surface area contributed by atoms with Crippen molar-refractivity contribution in [1.82, 2.24) is 5.06 Å². The summed E-state index contributed by atoms with van der Waals surface area (Å²) in [5.41, 5.74) is 0.826. The van der Waals surface area contributed by atoms with Gasteiger partial charge >= 0.3 is 0 Å². The van der Waals surface area contributed by atoms with Crippen molar-refractivity contribution in [3.8, 4) is 0 Å². The molecule has 1 aliphatic rings. The summed E-state index contributed by atoms with van der Waals surface area (Å²) in [6.45, 7) is 0. The number of amides is 2. The number of rotatable bonds is 5. The zero-order valence-electron chi connectivity index (χ0n) is 9.85. The zero-order chi connectivity index (χ0) is 13.9. The fourth-order valence-corrected chi connectivity index (χ4v) is 2.43. The van der Waals surface area contributed by atoms with E-state index in [1.54, 1.807) is 24.3 Å². The van der Waals surface area contributed by atoms with E-state index in [0.717, 1.165) is 17.7 Å². The summed E-state index contributed by atoms with van der Waals surface area (Å²) in [5.74, 6) is -1.91. The maximum absolute atomic E-state index is 11.7. The Labute approximate surface area is 110 Å². The van der Waals surface area contributed by atoms with Crippen molar-refractivity contribution in [2.45, 2.75) is 6.42 Å². The molecule has 0 saturated heterocycles. The van der Waals surface area contributed by atoms with Crippen LogP contribution in [0.3, 0.4) is 0 Å². The third-order valence-corrected chi connectivity index (χ3v) is 3.52. The third-order valence-electron chi connectivity index (χ3n) is 2.44. The van der Waals surface area contributed by atoms with Crippen LogP contribution in [0.5, 0.6) is 0 Å². The van der Waals surface area contributed by atoms with Gasteiger partial charge in [-0.05, 0) is 12.0 Å². The van der Waals surface area contributed by atoms with E-state index in [1.165, 1.54) is 0 Å². The maximum atomic E-state index is 11.7. The van der Waals surface area contributed by atoms with Crippen molar-refractivity contribution in [3.63, 3.8) is 0 Å². The molecule has 0 fully saturated rings. The van der Waals surface area contributed by atoms with Crippen LogP contribution in [0.15, 0.2) is 42.5 Å². The van der Waals surface area contributed by atoms with Gasteiger partial charge in [0, 0.05) is 12.2 Å². The minimum atomic E-state index is -3.98. The Bertz CT molecular complexity index is 603. The number of aryl methyl sites for hydroxylation is 1. The van der Waals surface area contributed by atoms with Gasteiger partial charge < -0.3 is 0 Å². The molecular weight excluding hydrogens is 270 g/mol. The average molecular weight is 281 g/mol. The molecule has 0 aromatic heterocycles. The molecule has 0 saturated carbocycles. The molecule has 19 heavy (non-hydrogen) atoms. The van der Waals surface area contributed by atoms with E-state index < -0.39 is 21.9 Å². The van der Waals surface area contributed by atoms with E-state index in [-0.39, 0.29) is 17.2 Å². The Hall–Kier alpha value is -1.99. The number of benzene rings is 1. The summed E-state index contributed by atoms with van der Waals surface area (Å²) in [7, 11) is -3.98. The van der Waals surface area contributed by atoms with Gasteiger partial charge in [0.05, 0.1) is 5.75 Å². The molecule has 0 spiro atoms. The molecule has 1 heterocycles. The number of carbonyl (C=O) groups is 2. The van der Waals surface area contributed by atoms with Crippen molar-refractivity contribution in [3.05, 3.63) is 48.0 Å². The lowest BCUT2D eigenvalue weighted by molar-refractivity contribution is -0.161. The highest BCUT2D eigenvalue weighted by Gasteiger charge is 2.30. The van der Waals surface area contributed by atoms with Gasteiger partial charge in [0.1, 0.15) is 0 Å². The van der Waals surface area contributed by atoms with Crippen LogP contribution < -0.4 is 0 Å². The summed E-state index contributed by atoms with van der Waals surface area (Å²) in [4.78, 5) is 22.3. The van der Waals surface area contributed by atoms with Crippen LogP contribution in [-0.2, 0) is 30.4 Å². The summed E-state index contributed by atoms with van der Waals surface area (Å²) < 4.78 is 27.8. The molecule has 0 bridgehead atoms. The fraction of sp³-hybridized carbons (Fsp3) is 0.167. The molecule has 1 aromatic rings. The van der Waals surface area contributed by atoms with Crippen molar-refractivity contribution >= 4 is 21.9 Å². The van der Waals surface area contributed by atoms with Crippen molar-refractivity contribution in [2.24, 2.45) is 0 Å². The second-order valence-corrected chi connectivity index (χ2v) is 5.55. The zero-order valence-corrected chi connectivity index (χ0v) is 10.7. The van der Waals surface area contributed by atoms with Crippen molar-refractivity contribution < 1.29 is 22.3 Å². The lowest BCUT2D eigenvalue weighted by atomic mass is 10.2. The smallest absolute Gasteiger partial charge is 0.267 e. The first-order valence-corrected chi connectivity index (χ1v) is 7.08. The first kappa shape index (κ1) is 13.4. The number of imide groups is 1. The second kappa shape index (κ2) is 5.33. The van der Waals surface area contributed by atoms with E-state index in [4.69, 9.17) is 0 Å². The highest BCUT2D eigenvalue weighted by atomic mass is 32.2. The number of carbonyl (C=O) groups excluding carboxylic acids is 2. The molecule has 0 unspecified atom stereocenters. The monoisotopic (exact) mass is 281 g/mol. The van der Waals surface area contributed by atoms with Gasteiger partial charge in [0.2, 0.25) is 0 Å². The predicted octanol–water partition coefficient (Wildman–Crippen LogP) is 0.415. The molecule has 0 atom stereocenters. The molecule has 2 rings (SSSR count). The highest BCUT2D eigenvalue weighted by molar-refractivity contribution is 7.86. The summed E-state index contributed by atoms with van der Waals surface area (Å²) in [5, 5.41) is 0.236. The molecule has 0 aliphatic carbocycles. The normalized spacial score (nSPS) is 15.3. The Morgan fingerprint density at radius 1 is 1.00 bits per heavy atom. The summed E-state index contributed by atoms with van der Waals surface area (Å²) >= 11 is 0. The molecule has 6 nitrogen and oxygen atoms in total. The average Bonchev–Trinajstić information content (AvgIpc) is 2.69. The number of hydrogen-bond donors (Lipinski definition) is 0. The Morgan fingerprint density at radius 3 is 2.16 bits per heavy atom. The lowest BCUT2D eigenvalue weighted by Crippen LogP contribution is -2.34.